The third kappa shape index (κ3) is 1.49. The fraction of sp³-hybridized carbons (Fsp3) is 0. The molecule has 6 nitrogen and oxygen atoms in total. The first kappa shape index (κ1) is 8.80. The minimum atomic E-state index is -0.728. The number of aromatic hydroxyl groups is 1. The van der Waals surface area contributed by atoms with E-state index >= 15 is 0 Å². The van der Waals surface area contributed by atoms with Crippen molar-refractivity contribution in [3.63, 3.8) is 0 Å². The molecule has 0 spiro atoms. The maximum atomic E-state index is 10.4. The summed E-state index contributed by atoms with van der Waals surface area (Å²) >= 11 is 0. The number of nitrogen functional groups attached to an aromatic ring is 1. The summed E-state index contributed by atoms with van der Waals surface area (Å²) in [7, 11) is 0. The van der Waals surface area contributed by atoms with Crippen LogP contribution in [0.4, 0.5) is 11.4 Å². The number of rotatable bonds is 1. The first-order valence-electron chi connectivity index (χ1n) is 3.23. The predicted molar refractivity (Wildman–Crippen MR) is 43.9 cm³/mol. The molecule has 0 aliphatic carbocycles. The molecular formula is C7H5N3O3. The molecule has 0 heterocycles. The van der Waals surface area contributed by atoms with Gasteiger partial charge in [0.15, 0.2) is 0 Å². The summed E-state index contributed by atoms with van der Waals surface area (Å²) in [5, 5.41) is 27.9. The quantitative estimate of drug-likeness (QED) is 0.286. The van der Waals surface area contributed by atoms with Gasteiger partial charge < -0.3 is 10.8 Å². The molecule has 1 aromatic rings. The van der Waals surface area contributed by atoms with Crippen molar-refractivity contribution in [2.45, 2.75) is 0 Å². The Balaban J connectivity index is 3.44. The number of phenolic OH excluding ortho intramolecular Hbond substituents is 1. The molecule has 0 saturated heterocycles. The molecule has 1 rings (SSSR count). The zero-order valence-electron chi connectivity index (χ0n) is 6.39. The van der Waals surface area contributed by atoms with Gasteiger partial charge in [0, 0.05) is 12.1 Å². The molecule has 0 fully saturated rings. The lowest BCUT2D eigenvalue weighted by molar-refractivity contribution is -0.385. The van der Waals surface area contributed by atoms with Crippen molar-refractivity contribution >= 4 is 11.4 Å². The largest absolute Gasteiger partial charge is 0.506 e. The van der Waals surface area contributed by atoms with Crippen molar-refractivity contribution in [3.05, 3.63) is 27.8 Å². The Bertz CT molecular complexity index is 408. The predicted octanol–water partition coefficient (Wildman–Crippen LogP) is 0.754. The third-order valence-corrected chi connectivity index (χ3v) is 1.46. The molecule has 0 aliphatic rings. The summed E-state index contributed by atoms with van der Waals surface area (Å²) in [5.41, 5.74) is 4.48. The molecule has 0 radical (unpaired) electrons. The second-order valence-corrected chi connectivity index (χ2v) is 2.30. The fourth-order valence-corrected chi connectivity index (χ4v) is 0.834. The van der Waals surface area contributed by atoms with Crippen molar-refractivity contribution in [3.8, 4) is 11.8 Å². The van der Waals surface area contributed by atoms with Crippen LogP contribution in [0.1, 0.15) is 5.56 Å². The van der Waals surface area contributed by atoms with Gasteiger partial charge in [-0.1, -0.05) is 0 Å². The topological polar surface area (TPSA) is 113 Å². The van der Waals surface area contributed by atoms with Gasteiger partial charge in [0.2, 0.25) is 0 Å². The van der Waals surface area contributed by atoms with Crippen molar-refractivity contribution in [1.82, 2.24) is 0 Å². The van der Waals surface area contributed by atoms with E-state index in [1.807, 2.05) is 0 Å². The zero-order valence-corrected chi connectivity index (χ0v) is 6.39. The summed E-state index contributed by atoms with van der Waals surface area (Å²) < 4.78 is 0. The van der Waals surface area contributed by atoms with E-state index < -0.39 is 10.6 Å². The van der Waals surface area contributed by atoms with E-state index in [-0.39, 0.29) is 17.0 Å². The molecular weight excluding hydrogens is 174 g/mol. The van der Waals surface area contributed by atoms with Gasteiger partial charge >= 0.3 is 0 Å². The zero-order chi connectivity index (χ0) is 10.0. The highest BCUT2D eigenvalue weighted by molar-refractivity contribution is 5.64. The molecule has 1 aromatic carbocycles. The highest BCUT2D eigenvalue weighted by Gasteiger charge is 2.16. The standard InChI is InChI=1S/C7H5N3O3/c8-3-4-1-7(11)5(9)2-6(4)10(12)13/h1-2,11H,9H2. The summed E-state index contributed by atoms with van der Waals surface area (Å²) in [5.74, 6) is -0.331. The Morgan fingerprint density at radius 3 is 2.69 bits per heavy atom. The van der Waals surface area contributed by atoms with Crippen LogP contribution >= 0.6 is 0 Å². The van der Waals surface area contributed by atoms with Gasteiger partial charge in [0.25, 0.3) is 5.69 Å². The Labute approximate surface area is 73.0 Å². The highest BCUT2D eigenvalue weighted by Crippen LogP contribution is 2.28. The maximum Gasteiger partial charge on any atom is 0.289 e. The first-order valence-corrected chi connectivity index (χ1v) is 3.23. The Morgan fingerprint density at radius 2 is 2.23 bits per heavy atom. The van der Waals surface area contributed by atoms with E-state index in [0.29, 0.717) is 0 Å². The summed E-state index contributed by atoms with van der Waals surface area (Å²) in [4.78, 5) is 9.63. The van der Waals surface area contributed by atoms with Gasteiger partial charge in [0.05, 0.1) is 10.6 Å². The van der Waals surface area contributed by atoms with Crippen LogP contribution in [0.25, 0.3) is 0 Å². The number of nitrogens with two attached hydrogens (primary N) is 1. The van der Waals surface area contributed by atoms with Gasteiger partial charge in [-0.15, -0.1) is 0 Å². The molecule has 0 bridgehead atoms. The number of hydrogen-bond donors (Lipinski definition) is 2. The van der Waals surface area contributed by atoms with Crippen molar-refractivity contribution in [2.75, 3.05) is 5.73 Å². The van der Waals surface area contributed by atoms with Gasteiger partial charge in [-0.3, -0.25) is 10.1 Å². The molecule has 0 amide bonds. The average Bonchev–Trinajstić information content (AvgIpc) is 2.08. The van der Waals surface area contributed by atoms with Crippen LogP contribution in [0, 0.1) is 21.4 Å². The van der Waals surface area contributed by atoms with E-state index in [1.54, 1.807) is 6.07 Å². The van der Waals surface area contributed by atoms with E-state index in [1.165, 1.54) is 0 Å². The molecule has 0 saturated carbocycles. The average molecular weight is 179 g/mol. The SMILES string of the molecule is N#Cc1cc(O)c(N)cc1[N+](=O)[O-]. The summed E-state index contributed by atoms with van der Waals surface area (Å²) in [6.07, 6.45) is 0. The van der Waals surface area contributed by atoms with Crippen LogP contribution < -0.4 is 5.73 Å². The maximum absolute atomic E-state index is 10.4. The monoisotopic (exact) mass is 179 g/mol. The lowest BCUT2D eigenvalue weighted by atomic mass is 10.1. The van der Waals surface area contributed by atoms with E-state index in [0.717, 1.165) is 12.1 Å². The number of nitro benzene ring substituents is 1. The normalized spacial score (nSPS) is 9.15. The van der Waals surface area contributed by atoms with Crippen LogP contribution in [0.15, 0.2) is 12.1 Å². The fourth-order valence-electron chi connectivity index (χ4n) is 0.834. The number of anilines is 1. The molecule has 0 unspecified atom stereocenters. The van der Waals surface area contributed by atoms with Crippen molar-refractivity contribution < 1.29 is 10.0 Å². The second-order valence-electron chi connectivity index (χ2n) is 2.30. The second kappa shape index (κ2) is 2.98. The van der Waals surface area contributed by atoms with Crippen LogP contribution in [0.2, 0.25) is 0 Å². The Morgan fingerprint density at radius 1 is 1.62 bits per heavy atom. The third-order valence-electron chi connectivity index (χ3n) is 1.46. The summed E-state index contributed by atoms with van der Waals surface area (Å²) in [6.45, 7) is 0. The minimum Gasteiger partial charge on any atom is -0.506 e. The number of nitriles is 1. The number of benzene rings is 1. The van der Waals surface area contributed by atoms with Gasteiger partial charge in [-0.05, 0) is 0 Å². The lowest BCUT2D eigenvalue weighted by Crippen LogP contribution is -1.95. The molecule has 66 valence electrons. The molecule has 0 aliphatic heterocycles. The smallest absolute Gasteiger partial charge is 0.289 e. The van der Waals surface area contributed by atoms with Crippen molar-refractivity contribution in [1.29, 1.82) is 5.26 Å². The molecule has 0 atom stereocenters. The van der Waals surface area contributed by atoms with Crippen LogP contribution in [-0.4, -0.2) is 10.0 Å². The minimum absolute atomic E-state index is 0.120. The Hall–Kier alpha value is -2.29. The lowest BCUT2D eigenvalue weighted by Gasteiger charge is -1.99. The van der Waals surface area contributed by atoms with Crippen LogP contribution in [0.5, 0.6) is 5.75 Å². The van der Waals surface area contributed by atoms with Crippen LogP contribution in [0.3, 0.4) is 0 Å². The van der Waals surface area contributed by atoms with Gasteiger partial charge in [-0.2, -0.15) is 5.26 Å². The van der Waals surface area contributed by atoms with E-state index in [4.69, 9.17) is 16.1 Å². The number of nitro groups is 1. The number of nitrogens with zero attached hydrogens (tertiary/aromatic N) is 2. The first-order chi connectivity index (χ1) is 6.06. The van der Waals surface area contributed by atoms with Crippen LogP contribution in [-0.2, 0) is 0 Å². The molecule has 6 heteroatoms. The van der Waals surface area contributed by atoms with Gasteiger partial charge in [0.1, 0.15) is 17.4 Å². The van der Waals surface area contributed by atoms with Crippen molar-refractivity contribution in [2.24, 2.45) is 0 Å². The van der Waals surface area contributed by atoms with E-state index in [2.05, 4.69) is 0 Å². The highest BCUT2D eigenvalue weighted by atomic mass is 16.6. The molecule has 13 heavy (non-hydrogen) atoms. The molecule has 3 N–H and O–H groups in total. The number of phenols is 1. The van der Waals surface area contributed by atoms with Gasteiger partial charge in [-0.25, -0.2) is 0 Å². The van der Waals surface area contributed by atoms with E-state index in [9.17, 15) is 10.1 Å². The Kier molecular flexibility index (Phi) is 2.02. The number of hydrogen-bond acceptors (Lipinski definition) is 5. The summed E-state index contributed by atoms with van der Waals surface area (Å²) in [6, 6.07) is 3.51. The molecule has 0 aromatic heterocycles.